The van der Waals surface area contributed by atoms with Crippen LogP contribution in [0.5, 0.6) is 0 Å². The number of hydrogen-bond donors (Lipinski definition) is 2. The summed E-state index contributed by atoms with van der Waals surface area (Å²) < 4.78 is -1.77. The van der Waals surface area contributed by atoms with Crippen LogP contribution in [-0.2, 0) is 9.59 Å². The summed E-state index contributed by atoms with van der Waals surface area (Å²) in [6, 6.07) is 0. The van der Waals surface area contributed by atoms with Crippen LogP contribution in [0.3, 0.4) is 0 Å². The Bertz CT molecular complexity index is 221. The van der Waals surface area contributed by atoms with Crippen LogP contribution in [0.15, 0.2) is 11.5 Å². The van der Waals surface area contributed by atoms with E-state index in [1.54, 1.807) is 0 Å². The zero-order valence-electron chi connectivity index (χ0n) is 5.18. The van der Waals surface area contributed by atoms with Crippen molar-refractivity contribution in [2.24, 2.45) is 0 Å². The maximum Gasteiger partial charge on any atom is 0.336 e. The van der Waals surface area contributed by atoms with Gasteiger partial charge in [0.1, 0.15) is 0 Å². The maximum absolute atomic E-state index is 10.5. The Morgan fingerprint density at radius 1 is 1.27 bits per heavy atom. The molecule has 2 N–H and O–H groups in total. The molecule has 1 rings (SSSR count). The third-order valence-electron chi connectivity index (χ3n) is 1.17. The lowest BCUT2D eigenvalue weighted by molar-refractivity contribution is -0.149. The third kappa shape index (κ3) is 1.23. The van der Waals surface area contributed by atoms with Crippen molar-refractivity contribution in [3.8, 4) is 0 Å². The Balaban J connectivity index is 2.98. The van der Waals surface area contributed by atoms with Gasteiger partial charge in [0.2, 0.25) is 4.75 Å². The largest absolute Gasteiger partial charge is 0.480 e. The fraction of sp³-hybridized carbons (Fsp3) is 0.200. The second-order valence-electron chi connectivity index (χ2n) is 1.83. The quantitative estimate of drug-likeness (QED) is 0.498. The van der Waals surface area contributed by atoms with Crippen LogP contribution in [0.4, 0.5) is 0 Å². The third-order valence-corrected chi connectivity index (χ3v) is 3.68. The lowest BCUT2D eigenvalue weighted by Crippen LogP contribution is -2.39. The van der Waals surface area contributed by atoms with E-state index in [1.807, 2.05) is 0 Å². The molecule has 0 aromatic rings. The molecule has 0 aliphatic carbocycles. The molecule has 0 atom stereocenters. The molecule has 1 aliphatic rings. The fourth-order valence-electron chi connectivity index (χ4n) is 0.560. The van der Waals surface area contributed by atoms with Gasteiger partial charge in [0, 0.05) is 0 Å². The van der Waals surface area contributed by atoms with Crippen molar-refractivity contribution in [3.05, 3.63) is 11.5 Å². The predicted octanol–water partition coefficient (Wildman–Crippen LogP) is 0.803. The van der Waals surface area contributed by atoms with Crippen molar-refractivity contribution in [1.82, 2.24) is 0 Å². The van der Waals surface area contributed by atoms with Gasteiger partial charge in [0.25, 0.3) is 0 Å². The van der Waals surface area contributed by atoms with Gasteiger partial charge in [0.15, 0.2) is 0 Å². The molecule has 60 valence electrons. The first-order valence-electron chi connectivity index (χ1n) is 2.58. The van der Waals surface area contributed by atoms with Crippen molar-refractivity contribution in [2.75, 3.05) is 0 Å². The van der Waals surface area contributed by atoms with Crippen molar-refractivity contribution in [3.63, 3.8) is 0 Å². The van der Waals surface area contributed by atoms with Gasteiger partial charge in [-0.05, 0) is 11.5 Å². The van der Waals surface area contributed by atoms with Gasteiger partial charge < -0.3 is 10.2 Å². The lowest BCUT2D eigenvalue weighted by atomic mass is 10.1. The van der Waals surface area contributed by atoms with Crippen molar-refractivity contribution in [1.29, 1.82) is 0 Å². The van der Waals surface area contributed by atoms with Gasteiger partial charge in [0.05, 0.1) is 0 Å². The van der Waals surface area contributed by atoms with Crippen molar-refractivity contribution >= 4 is 33.5 Å². The minimum atomic E-state index is -1.77. The molecule has 0 unspecified atom stereocenters. The molecular weight excluding hydrogens is 188 g/mol. The van der Waals surface area contributed by atoms with E-state index < -0.39 is 16.7 Å². The van der Waals surface area contributed by atoms with E-state index in [0.717, 1.165) is 21.6 Å². The van der Waals surface area contributed by atoms with Crippen LogP contribution in [0.2, 0.25) is 0 Å². The SMILES string of the molecule is O=C(O)C1(C(=O)O)C=CSS1. The number of hydrogen-bond acceptors (Lipinski definition) is 4. The van der Waals surface area contributed by atoms with E-state index in [4.69, 9.17) is 10.2 Å². The normalized spacial score (nSPS) is 20.0. The summed E-state index contributed by atoms with van der Waals surface area (Å²) in [5, 5.41) is 18.6. The predicted molar refractivity (Wildman–Crippen MR) is 42.3 cm³/mol. The van der Waals surface area contributed by atoms with Crippen LogP contribution in [0.25, 0.3) is 0 Å². The number of carboxylic acids is 2. The number of aliphatic carboxylic acids is 2. The lowest BCUT2D eigenvalue weighted by Gasteiger charge is -2.13. The first kappa shape index (κ1) is 8.48. The molecule has 0 aromatic heterocycles. The van der Waals surface area contributed by atoms with Crippen LogP contribution in [-0.4, -0.2) is 26.9 Å². The second kappa shape index (κ2) is 2.78. The average molecular weight is 192 g/mol. The maximum atomic E-state index is 10.5. The number of carboxylic acid groups (broad SMARTS) is 2. The molecule has 0 spiro atoms. The van der Waals surface area contributed by atoms with E-state index in [1.165, 1.54) is 11.5 Å². The highest BCUT2D eigenvalue weighted by molar-refractivity contribution is 8.79. The summed E-state index contributed by atoms with van der Waals surface area (Å²) in [6.45, 7) is 0. The highest BCUT2D eigenvalue weighted by Crippen LogP contribution is 2.44. The fourth-order valence-corrected chi connectivity index (χ4v) is 2.76. The van der Waals surface area contributed by atoms with Gasteiger partial charge in [-0.2, -0.15) is 0 Å². The van der Waals surface area contributed by atoms with Gasteiger partial charge >= 0.3 is 11.9 Å². The summed E-state index contributed by atoms with van der Waals surface area (Å²) in [6.07, 6.45) is 1.17. The summed E-state index contributed by atoms with van der Waals surface area (Å²) in [5.41, 5.74) is 0. The summed E-state index contributed by atoms with van der Waals surface area (Å²) in [5.74, 6) is -2.67. The number of rotatable bonds is 2. The molecule has 1 heterocycles. The zero-order valence-corrected chi connectivity index (χ0v) is 6.82. The zero-order chi connectivity index (χ0) is 8.48. The Morgan fingerprint density at radius 3 is 2.00 bits per heavy atom. The molecule has 0 radical (unpaired) electrons. The first-order valence-corrected chi connectivity index (χ1v) is 4.80. The second-order valence-corrected chi connectivity index (χ2v) is 4.18. The van der Waals surface area contributed by atoms with E-state index in [9.17, 15) is 9.59 Å². The molecule has 4 nitrogen and oxygen atoms in total. The van der Waals surface area contributed by atoms with E-state index in [0.29, 0.717) is 0 Å². The van der Waals surface area contributed by atoms with Gasteiger partial charge in [-0.3, -0.25) is 0 Å². The van der Waals surface area contributed by atoms with Crippen LogP contribution < -0.4 is 0 Å². The molecule has 0 aromatic carbocycles. The monoisotopic (exact) mass is 192 g/mol. The Kier molecular flexibility index (Phi) is 2.15. The van der Waals surface area contributed by atoms with Crippen LogP contribution >= 0.6 is 21.6 Å². The molecule has 0 fully saturated rings. The number of carbonyl (C=O) groups is 2. The van der Waals surface area contributed by atoms with Crippen LogP contribution in [0.1, 0.15) is 0 Å². The smallest absolute Gasteiger partial charge is 0.336 e. The Hall–Kier alpha value is -0.620. The molecule has 0 saturated carbocycles. The highest BCUT2D eigenvalue weighted by Gasteiger charge is 2.47. The molecule has 0 saturated heterocycles. The summed E-state index contributed by atoms with van der Waals surface area (Å²) >= 11 is 0. The summed E-state index contributed by atoms with van der Waals surface area (Å²) in [7, 11) is 1.92. The van der Waals surface area contributed by atoms with E-state index in [-0.39, 0.29) is 0 Å². The summed E-state index contributed by atoms with van der Waals surface area (Å²) in [4.78, 5) is 21.0. The molecule has 1 aliphatic heterocycles. The first-order chi connectivity index (χ1) is 5.09. The van der Waals surface area contributed by atoms with E-state index >= 15 is 0 Å². The van der Waals surface area contributed by atoms with Gasteiger partial charge in [-0.15, -0.1) is 0 Å². The Morgan fingerprint density at radius 2 is 1.82 bits per heavy atom. The minimum Gasteiger partial charge on any atom is -0.480 e. The van der Waals surface area contributed by atoms with Gasteiger partial charge in [-0.25, -0.2) is 9.59 Å². The van der Waals surface area contributed by atoms with Crippen molar-refractivity contribution in [2.45, 2.75) is 4.75 Å². The standard InChI is InChI=1S/C5H4O4S2/c6-3(7)5(4(8)9)1-2-10-11-5/h1-2H,(H,6,7)(H,8,9). The van der Waals surface area contributed by atoms with Crippen molar-refractivity contribution < 1.29 is 19.8 Å². The van der Waals surface area contributed by atoms with Crippen LogP contribution in [0, 0.1) is 0 Å². The highest BCUT2D eigenvalue weighted by atomic mass is 33.1. The molecule has 11 heavy (non-hydrogen) atoms. The molecule has 0 amide bonds. The molecule has 6 heteroatoms. The topological polar surface area (TPSA) is 74.6 Å². The average Bonchev–Trinajstić information content (AvgIpc) is 2.34. The molecule has 0 bridgehead atoms. The van der Waals surface area contributed by atoms with E-state index in [2.05, 4.69) is 0 Å². The molecular formula is C5H4O4S2. The van der Waals surface area contributed by atoms with Gasteiger partial charge in [-0.1, -0.05) is 21.6 Å². The minimum absolute atomic E-state index is 0.812. The Labute approximate surface area is 70.1 Å².